The van der Waals surface area contributed by atoms with Gasteiger partial charge in [-0.2, -0.15) is 0 Å². The van der Waals surface area contributed by atoms with E-state index in [1.165, 1.54) is 11.3 Å². The van der Waals surface area contributed by atoms with Crippen molar-refractivity contribution in [3.05, 3.63) is 27.3 Å². The minimum atomic E-state index is -0.363. The number of nitrogens with zero attached hydrogens (tertiary/aromatic N) is 2. The van der Waals surface area contributed by atoms with E-state index < -0.39 is 0 Å². The van der Waals surface area contributed by atoms with E-state index in [-0.39, 0.29) is 16.5 Å². The van der Waals surface area contributed by atoms with Crippen LogP contribution in [0.25, 0.3) is 10.2 Å². The topological polar surface area (TPSA) is 77.3 Å². The van der Waals surface area contributed by atoms with Crippen molar-refractivity contribution in [2.75, 3.05) is 25.6 Å². The average molecular weight is 295 g/mol. The molecule has 2 rings (SSSR count). The molecule has 0 radical (unpaired) electrons. The third-order valence-electron chi connectivity index (χ3n) is 2.90. The fourth-order valence-electron chi connectivity index (χ4n) is 2.00. The van der Waals surface area contributed by atoms with E-state index in [9.17, 15) is 10.1 Å². The van der Waals surface area contributed by atoms with Gasteiger partial charge >= 0.3 is 0 Å². The molecule has 0 aliphatic rings. The number of aromatic nitrogens is 1. The van der Waals surface area contributed by atoms with Crippen molar-refractivity contribution in [1.82, 2.24) is 4.98 Å². The van der Waals surface area contributed by atoms with Gasteiger partial charge in [0.05, 0.1) is 26.8 Å². The summed E-state index contributed by atoms with van der Waals surface area (Å²) in [5.41, 5.74) is 1.39. The molecule has 1 aromatic carbocycles. The molecule has 20 heavy (non-hydrogen) atoms. The number of aryl methyl sites for hydroxylation is 1. The fourth-order valence-corrected chi connectivity index (χ4v) is 2.84. The van der Waals surface area contributed by atoms with E-state index in [0.29, 0.717) is 18.8 Å². The summed E-state index contributed by atoms with van der Waals surface area (Å²) in [5.74, 6) is 0.271. The molecule has 7 heteroatoms. The summed E-state index contributed by atoms with van der Waals surface area (Å²) in [6, 6.07) is 3.33. The monoisotopic (exact) mass is 295 g/mol. The van der Waals surface area contributed by atoms with Gasteiger partial charge in [-0.1, -0.05) is 6.92 Å². The lowest BCUT2D eigenvalue weighted by atomic mass is 10.2. The molecule has 1 heterocycles. The molecule has 0 spiro atoms. The van der Waals surface area contributed by atoms with Crippen LogP contribution in [0.1, 0.15) is 11.9 Å². The predicted molar refractivity (Wildman–Crippen MR) is 80.5 cm³/mol. The number of thiazole rings is 1. The first-order valence-corrected chi connectivity index (χ1v) is 7.11. The summed E-state index contributed by atoms with van der Waals surface area (Å²) in [4.78, 5) is 15.2. The Labute approximate surface area is 120 Å². The van der Waals surface area contributed by atoms with Crippen LogP contribution in [0, 0.1) is 23.0 Å². The Bertz CT molecular complexity index is 627. The number of methoxy groups -OCH3 is 1. The van der Waals surface area contributed by atoms with Gasteiger partial charge in [0, 0.05) is 19.7 Å². The quantitative estimate of drug-likeness (QED) is 0.654. The van der Waals surface area contributed by atoms with E-state index in [2.05, 4.69) is 10.3 Å². The van der Waals surface area contributed by atoms with Crippen LogP contribution in [0.2, 0.25) is 0 Å². The molecule has 1 unspecified atom stereocenters. The highest BCUT2D eigenvalue weighted by molar-refractivity contribution is 7.18. The molecule has 0 bridgehead atoms. The summed E-state index contributed by atoms with van der Waals surface area (Å²) in [7, 11) is 1.64. The van der Waals surface area contributed by atoms with Gasteiger partial charge in [-0.3, -0.25) is 10.1 Å². The van der Waals surface area contributed by atoms with E-state index in [4.69, 9.17) is 4.74 Å². The molecule has 0 fully saturated rings. The molecule has 0 aliphatic carbocycles. The van der Waals surface area contributed by atoms with E-state index in [0.717, 1.165) is 15.2 Å². The van der Waals surface area contributed by atoms with Crippen LogP contribution in [0.5, 0.6) is 0 Å². The number of nitrogens with one attached hydrogen (secondary N) is 1. The molecule has 108 valence electrons. The summed E-state index contributed by atoms with van der Waals surface area (Å²) >= 11 is 1.46. The second kappa shape index (κ2) is 6.15. The second-order valence-corrected chi connectivity index (χ2v) is 6.00. The van der Waals surface area contributed by atoms with Crippen molar-refractivity contribution in [1.29, 1.82) is 0 Å². The zero-order valence-corrected chi connectivity index (χ0v) is 12.5. The molecule has 2 aromatic rings. The smallest absolute Gasteiger partial charge is 0.293 e. The van der Waals surface area contributed by atoms with Crippen LogP contribution < -0.4 is 5.32 Å². The van der Waals surface area contributed by atoms with Crippen LogP contribution in [-0.4, -0.2) is 30.2 Å². The second-order valence-electron chi connectivity index (χ2n) is 4.77. The Kier molecular flexibility index (Phi) is 4.51. The maximum Gasteiger partial charge on any atom is 0.293 e. The molecule has 6 nitrogen and oxygen atoms in total. The number of nitro benzene ring substituents is 1. The lowest BCUT2D eigenvalue weighted by Gasteiger charge is -2.12. The van der Waals surface area contributed by atoms with Gasteiger partial charge in [0.15, 0.2) is 0 Å². The highest BCUT2D eigenvalue weighted by Crippen LogP contribution is 2.33. The van der Waals surface area contributed by atoms with Crippen molar-refractivity contribution < 1.29 is 9.66 Å². The standard InChI is InChI=1S/C13H17N3O3S/c1-8(7-19-3)6-14-10-4-11-13(20-9(2)15-11)5-12(10)16(17)18/h4-5,8,14H,6-7H2,1-3H3. The lowest BCUT2D eigenvalue weighted by molar-refractivity contribution is -0.383. The van der Waals surface area contributed by atoms with Gasteiger partial charge in [-0.15, -0.1) is 11.3 Å². The summed E-state index contributed by atoms with van der Waals surface area (Å²) in [6.07, 6.45) is 0. The van der Waals surface area contributed by atoms with Gasteiger partial charge in [0.25, 0.3) is 5.69 Å². The zero-order chi connectivity index (χ0) is 14.7. The molecular weight excluding hydrogens is 278 g/mol. The molecule has 0 saturated heterocycles. The average Bonchev–Trinajstić information content (AvgIpc) is 2.74. The van der Waals surface area contributed by atoms with Crippen molar-refractivity contribution in [2.24, 2.45) is 5.92 Å². The molecule has 0 amide bonds. The van der Waals surface area contributed by atoms with Crippen molar-refractivity contribution in [3.8, 4) is 0 Å². The third-order valence-corrected chi connectivity index (χ3v) is 3.84. The first-order chi connectivity index (χ1) is 9.51. The van der Waals surface area contributed by atoms with Crippen LogP contribution in [-0.2, 0) is 4.74 Å². The normalized spacial score (nSPS) is 12.6. The Hall–Kier alpha value is -1.73. The Morgan fingerprint density at radius 2 is 2.30 bits per heavy atom. The number of nitro groups is 1. The molecule has 1 N–H and O–H groups in total. The van der Waals surface area contributed by atoms with Crippen LogP contribution >= 0.6 is 11.3 Å². The third kappa shape index (κ3) is 3.23. The lowest BCUT2D eigenvalue weighted by Crippen LogP contribution is -2.16. The SMILES string of the molecule is COCC(C)CNc1cc2nc(C)sc2cc1[N+](=O)[O-]. The minimum Gasteiger partial charge on any atom is -0.384 e. The van der Waals surface area contributed by atoms with Gasteiger partial charge in [-0.25, -0.2) is 4.98 Å². The van der Waals surface area contributed by atoms with E-state index >= 15 is 0 Å². The summed E-state index contributed by atoms with van der Waals surface area (Å²) < 4.78 is 5.90. The molecule has 0 saturated carbocycles. The maximum atomic E-state index is 11.2. The maximum absolute atomic E-state index is 11.2. The first kappa shape index (κ1) is 14.7. The Balaban J connectivity index is 2.29. The largest absolute Gasteiger partial charge is 0.384 e. The molecule has 0 aliphatic heterocycles. The van der Waals surface area contributed by atoms with Crippen molar-refractivity contribution in [3.63, 3.8) is 0 Å². The van der Waals surface area contributed by atoms with Crippen molar-refractivity contribution in [2.45, 2.75) is 13.8 Å². The molecule has 1 aromatic heterocycles. The van der Waals surface area contributed by atoms with Gasteiger partial charge < -0.3 is 10.1 Å². The highest BCUT2D eigenvalue weighted by atomic mass is 32.1. The number of rotatable bonds is 6. The van der Waals surface area contributed by atoms with Crippen molar-refractivity contribution >= 4 is 32.9 Å². The molecular formula is C13H17N3O3S. The van der Waals surface area contributed by atoms with Crippen LogP contribution in [0.3, 0.4) is 0 Å². The molecule has 1 atom stereocenters. The summed E-state index contributed by atoms with van der Waals surface area (Å²) in [6.45, 7) is 5.14. The zero-order valence-electron chi connectivity index (χ0n) is 11.7. The number of hydrogen-bond donors (Lipinski definition) is 1. The minimum absolute atomic E-state index is 0.0887. The van der Waals surface area contributed by atoms with E-state index in [1.807, 2.05) is 13.8 Å². The fraction of sp³-hybridized carbons (Fsp3) is 0.462. The predicted octanol–water partition coefficient (Wildman–Crippen LogP) is 3.21. The van der Waals surface area contributed by atoms with Gasteiger partial charge in [0.2, 0.25) is 0 Å². The number of benzene rings is 1. The van der Waals surface area contributed by atoms with Gasteiger partial charge in [0.1, 0.15) is 5.69 Å². The van der Waals surface area contributed by atoms with Crippen LogP contribution in [0.4, 0.5) is 11.4 Å². The summed E-state index contributed by atoms with van der Waals surface area (Å²) in [5, 5.41) is 15.2. The van der Waals surface area contributed by atoms with Crippen LogP contribution in [0.15, 0.2) is 12.1 Å². The highest BCUT2D eigenvalue weighted by Gasteiger charge is 2.17. The Morgan fingerprint density at radius 1 is 1.55 bits per heavy atom. The number of anilines is 1. The first-order valence-electron chi connectivity index (χ1n) is 6.29. The number of ether oxygens (including phenoxy) is 1. The van der Waals surface area contributed by atoms with E-state index in [1.54, 1.807) is 19.2 Å². The number of fused-ring (bicyclic) bond motifs is 1. The number of hydrogen-bond acceptors (Lipinski definition) is 6. The van der Waals surface area contributed by atoms with Gasteiger partial charge in [-0.05, 0) is 18.9 Å². The Morgan fingerprint density at radius 3 is 2.95 bits per heavy atom.